The molecule has 7 nitrogen and oxygen atoms in total. The molecule has 0 unspecified atom stereocenters. The SMILES string of the molecule is CCOc1ccc(Oc2ccc(C(F)(F)F)cc2NC(=O)CCc2nc3ccccc3c(=O)[nH]2)cc1. The van der Waals surface area contributed by atoms with Crippen molar-refractivity contribution in [2.75, 3.05) is 11.9 Å². The van der Waals surface area contributed by atoms with Crippen molar-refractivity contribution in [1.82, 2.24) is 9.97 Å². The Kier molecular flexibility index (Phi) is 7.23. The van der Waals surface area contributed by atoms with Crippen LogP contribution >= 0.6 is 0 Å². The minimum absolute atomic E-state index is 0.0396. The van der Waals surface area contributed by atoms with Crippen LogP contribution in [0.3, 0.4) is 0 Å². The zero-order valence-electron chi connectivity index (χ0n) is 19.2. The summed E-state index contributed by atoms with van der Waals surface area (Å²) >= 11 is 0. The van der Waals surface area contributed by atoms with Gasteiger partial charge < -0.3 is 19.8 Å². The molecule has 0 spiro atoms. The van der Waals surface area contributed by atoms with Crippen LogP contribution < -0.4 is 20.3 Å². The number of H-pyrrole nitrogens is 1. The number of para-hydroxylation sites is 1. The van der Waals surface area contributed by atoms with E-state index in [0.29, 0.717) is 34.8 Å². The fourth-order valence-electron chi connectivity index (χ4n) is 3.49. The quantitative estimate of drug-likeness (QED) is 0.326. The summed E-state index contributed by atoms with van der Waals surface area (Å²) in [6.07, 6.45) is -4.65. The lowest BCUT2D eigenvalue weighted by atomic mass is 10.1. The Hall–Kier alpha value is -4.34. The van der Waals surface area contributed by atoms with Crippen molar-refractivity contribution >= 4 is 22.5 Å². The molecule has 0 aliphatic rings. The first-order chi connectivity index (χ1) is 17.2. The number of halogens is 3. The van der Waals surface area contributed by atoms with Crippen LogP contribution in [0.1, 0.15) is 24.7 Å². The molecule has 186 valence electrons. The second-order valence-electron chi connectivity index (χ2n) is 7.79. The number of fused-ring (bicyclic) bond motifs is 1. The lowest BCUT2D eigenvalue weighted by molar-refractivity contribution is -0.137. The van der Waals surface area contributed by atoms with E-state index >= 15 is 0 Å². The van der Waals surface area contributed by atoms with Crippen molar-refractivity contribution in [3.8, 4) is 17.2 Å². The molecule has 2 N–H and O–H groups in total. The minimum Gasteiger partial charge on any atom is -0.494 e. The molecule has 0 saturated heterocycles. The molecular formula is C26H22F3N3O4. The van der Waals surface area contributed by atoms with Gasteiger partial charge >= 0.3 is 6.18 Å². The van der Waals surface area contributed by atoms with Crippen LogP contribution in [0, 0.1) is 0 Å². The Morgan fingerprint density at radius 1 is 1.03 bits per heavy atom. The molecular weight excluding hydrogens is 475 g/mol. The van der Waals surface area contributed by atoms with Crippen LogP contribution in [0.25, 0.3) is 10.9 Å². The first-order valence-corrected chi connectivity index (χ1v) is 11.1. The highest BCUT2D eigenvalue weighted by Gasteiger charge is 2.31. The summed E-state index contributed by atoms with van der Waals surface area (Å²) < 4.78 is 51.0. The van der Waals surface area contributed by atoms with E-state index in [1.54, 1.807) is 48.5 Å². The number of carbonyl (C=O) groups is 1. The number of anilines is 1. The van der Waals surface area contributed by atoms with E-state index in [9.17, 15) is 22.8 Å². The number of nitrogens with zero attached hydrogens (tertiary/aromatic N) is 1. The number of aryl methyl sites for hydroxylation is 1. The van der Waals surface area contributed by atoms with Gasteiger partial charge in [0, 0.05) is 12.8 Å². The zero-order valence-corrected chi connectivity index (χ0v) is 19.2. The van der Waals surface area contributed by atoms with E-state index < -0.39 is 17.6 Å². The van der Waals surface area contributed by atoms with Crippen molar-refractivity contribution in [3.63, 3.8) is 0 Å². The second kappa shape index (κ2) is 10.5. The molecule has 0 aliphatic carbocycles. The molecule has 36 heavy (non-hydrogen) atoms. The fourth-order valence-corrected chi connectivity index (χ4v) is 3.49. The Bertz CT molecular complexity index is 1430. The first-order valence-electron chi connectivity index (χ1n) is 11.1. The Morgan fingerprint density at radius 3 is 2.47 bits per heavy atom. The maximum Gasteiger partial charge on any atom is 0.416 e. The molecule has 1 heterocycles. The van der Waals surface area contributed by atoms with E-state index in [4.69, 9.17) is 9.47 Å². The third-order valence-corrected chi connectivity index (χ3v) is 5.19. The van der Waals surface area contributed by atoms with Crippen LogP contribution in [-0.4, -0.2) is 22.5 Å². The van der Waals surface area contributed by atoms with Crippen LogP contribution in [-0.2, 0) is 17.4 Å². The number of hydrogen-bond donors (Lipinski definition) is 2. The zero-order chi connectivity index (χ0) is 25.7. The summed E-state index contributed by atoms with van der Waals surface area (Å²) in [5.74, 6) is 0.737. The van der Waals surface area contributed by atoms with E-state index in [2.05, 4.69) is 15.3 Å². The maximum atomic E-state index is 13.3. The third kappa shape index (κ3) is 6.01. The molecule has 3 aromatic carbocycles. The number of aromatic amines is 1. The predicted octanol–water partition coefficient (Wildman–Crippen LogP) is 5.70. The summed E-state index contributed by atoms with van der Waals surface area (Å²) in [5, 5.41) is 2.91. The van der Waals surface area contributed by atoms with Crippen LogP contribution in [0.4, 0.5) is 18.9 Å². The van der Waals surface area contributed by atoms with Crippen LogP contribution in [0.2, 0.25) is 0 Å². The number of rotatable bonds is 8. The molecule has 0 aliphatic heterocycles. The molecule has 4 rings (SSSR count). The van der Waals surface area contributed by atoms with E-state index in [0.717, 1.165) is 18.2 Å². The number of alkyl halides is 3. The monoisotopic (exact) mass is 497 g/mol. The molecule has 0 saturated carbocycles. The predicted molar refractivity (Wildman–Crippen MR) is 128 cm³/mol. The number of aromatic nitrogens is 2. The van der Waals surface area contributed by atoms with Gasteiger partial charge in [-0.2, -0.15) is 13.2 Å². The van der Waals surface area contributed by atoms with Gasteiger partial charge in [-0.15, -0.1) is 0 Å². The van der Waals surface area contributed by atoms with Crippen molar-refractivity contribution in [3.05, 3.63) is 88.5 Å². The van der Waals surface area contributed by atoms with Gasteiger partial charge in [0.15, 0.2) is 5.75 Å². The lowest BCUT2D eigenvalue weighted by Crippen LogP contribution is -2.17. The van der Waals surface area contributed by atoms with E-state index in [1.807, 2.05) is 6.92 Å². The summed E-state index contributed by atoms with van der Waals surface area (Å²) in [6, 6.07) is 16.2. The molecule has 0 fully saturated rings. The smallest absolute Gasteiger partial charge is 0.416 e. The molecule has 0 atom stereocenters. The highest BCUT2D eigenvalue weighted by atomic mass is 19.4. The van der Waals surface area contributed by atoms with Crippen molar-refractivity contribution in [2.24, 2.45) is 0 Å². The van der Waals surface area contributed by atoms with Gasteiger partial charge in [-0.05, 0) is 61.5 Å². The molecule has 0 radical (unpaired) electrons. The number of nitrogens with one attached hydrogen (secondary N) is 2. The van der Waals surface area contributed by atoms with Crippen molar-refractivity contribution < 1.29 is 27.4 Å². The van der Waals surface area contributed by atoms with Crippen LogP contribution in [0.5, 0.6) is 17.2 Å². The van der Waals surface area contributed by atoms with Crippen molar-refractivity contribution in [2.45, 2.75) is 25.9 Å². The van der Waals surface area contributed by atoms with Gasteiger partial charge in [-0.25, -0.2) is 4.98 Å². The lowest BCUT2D eigenvalue weighted by Gasteiger charge is -2.15. The van der Waals surface area contributed by atoms with Crippen LogP contribution in [0.15, 0.2) is 71.5 Å². The largest absolute Gasteiger partial charge is 0.494 e. The number of benzene rings is 3. The average molecular weight is 497 g/mol. The Morgan fingerprint density at radius 2 is 1.75 bits per heavy atom. The minimum atomic E-state index is -4.61. The van der Waals surface area contributed by atoms with Gasteiger partial charge in [0.1, 0.15) is 17.3 Å². The van der Waals surface area contributed by atoms with Gasteiger partial charge in [-0.1, -0.05) is 12.1 Å². The Labute approximate surface area is 203 Å². The van der Waals surface area contributed by atoms with E-state index in [-0.39, 0.29) is 29.8 Å². The summed E-state index contributed by atoms with van der Waals surface area (Å²) in [7, 11) is 0. The molecule has 1 amide bonds. The summed E-state index contributed by atoms with van der Waals surface area (Å²) in [5.41, 5.74) is -0.915. The van der Waals surface area contributed by atoms with Gasteiger partial charge in [0.25, 0.3) is 5.56 Å². The molecule has 10 heteroatoms. The number of carbonyl (C=O) groups excluding carboxylic acids is 1. The van der Waals surface area contributed by atoms with Gasteiger partial charge in [0.05, 0.1) is 28.8 Å². The van der Waals surface area contributed by atoms with E-state index in [1.165, 1.54) is 0 Å². The summed E-state index contributed by atoms with van der Waals surface area (Å²) in [4.78, 5) is 31.8. The topological polar surface area (TPSA) is 93.3 Å². The van der Waals surface area contributed by atoms with Crippen molar-refractivity contribution in [1.29, 1.82) is 0 Å². The second-order valence-corrected chi connectivity index (χ2v) is 7.79. The normalized spacial score (nSPS) is 11.3. The number of hydrogen-bond acceptors (Lipinski definition) is 5. The fraction of sp³-hybridized carbons (Fsp3) is 0.192. The average Bonchev–Trinajstić information content (AvgIpc) is 2.84. The molecule has 1 aromatic heterocycles. The Balaban J connectivity index is 1.51. The number of amides is 1. The number of ether oxygens (including phenoxy) is 2. The highest BCUT2D eigenvalue weighted by Crippen LogP contribution is 2.37. The summed E-state index contributed by atoms with van der Waals surface area (Å²) in [6.45, 7) is 2.33. The standard InChI is InChI=1S/C26H22F3N3O4/c1-2-35-17-8-10-18(11-9-17)36-22-12-7-16(26(27,28)29)15-21(22)31-24(33)14-13-23-30-20-6-4-3-5-19(20)25(34)32-23/h3-12,15H,2,13-14H2,1H3,(H,31,33)(H,30,32,34). The van der Waals surface area contributed by atoms with Gasteiger partial charge in [0.2, 0.25) is 5.91 Å². The van der Waals surface area contributed by atoms with Gasteiger partial charge in [-0.3, -0.25) is 9.59 Å². The third-order valence-electron chi connectivity index (χ3n) is 5.19. The molecule has 0 bridgehead atoms. The first kappa shape index (κ1) is 24.8. The molecule has 4 aromatic rings. The maximum absolute atomic E-state index is 13.3. The highest BCUT2D eigenvalue weighted by molar-refractivity contribution is 5.92.